The first-order valence-corrected chi connectivity index (χ1v) is 10.8. The molecular formula is C23H35N5O2. The third-order valence-corrected chi connectivity index (χ3v) is 5.35. The summed E-state index contributed by atoms with van der Waals surface area (Å²) in [5.41, 5.74) is 2.10. The first kappa shape index (κ1) is 22.2. The van der Waals surface area contributed by atoms with Crippen LogP contribution in [0.1, 0.15) is 37.8 Å². The quantitative estimate of drug-likeness (QED) is 0.722. The van der Waals surface area contributed by atoms with Crippen LogP contribution in [0.15, 0.2) is 36.7 Å². The molecule has 0 aliphatic carbocycles. The molecule has 1 aromatic heterocycles. The van der Waals surface area contributed by atoms with Crippen LogP contribution in [-0.2, 0) is 20.1 Å². The number of rotatable bonds is 8. The topological polar surface area (TPSA) is 62.6 Å². The standard InChI is InChI=1S/C23H35N5O2/c1-18(2)17-30-22-7-5-19(6-8-22)15-28(16-20-13-24-27(4)14-20)23(29)25-21-9-11-26(3)12-10-21/h5-8,13-14,18,21H,9-12,15-17H2,1-4H3,(H,25,29). The summed E-state index contributed by atoms with van der Waals surface area (Å²) in [6.07, 6.45) is 5.76. The van der Waals surface area contributed by atoms with E-state index in [4.69, 9.17) is 4.74 Å². The van der Waals surface area contributed by atoms with Crippen molar-refractivity contribution in [1.29, 1.82) is 0 Å². The van der Waals surface area contributed by atoms with Crippen molar-refractivity contribution in [2.45, 2.75) is 45.8 Å². The summed E-state index contributed by atoms with van der Waals surface area (Å²) in [4.78, 5) is 17.3. The third kappa shape index (κ3) is 6.76. The van der Waals surface area contributed by atoms with Crippen LogP contribution in [0.2, 0.25) is 0 Å². The van der Waals surface area contributed by atoms with Crippen molar-refractivity contribution in [2.75, 3.05) is 26.7 Å². The second-order valence-electron chi connectivity index (χ2n) is 8.75. The fourth-order valence-corrected chi connectivity index (χ4v) is 3.57. The van der Waals surface area contributed by atoms with E-state index in [-0.39, 0.29) is 12.1 Å². The Morgan fingerprint density at radius 2 is 1.83 bits per heavy atom. The highest BCUT2D eigenvalue weighted by molar-refractivity contribution is 5.74. The van der Waals surface area contributed by atoms with Crippen LogP contribution < -0.4 is 10.1 Å². The van der Waals surface area contributed by atoms with Crippen molar-refractivity contribution in [3.05, 3.63) is 47.8 Å². The van der Waals surface area contributed by atoms with Crippen LogP contribution in [-0.4, -0.2) is 58.4 Å². The summed E-state index contributed by atoms with van der Waals surface area (Å²) in [6.45, 7) is 8.07. The van der Waals surface area contributed by atoms with Gasteiger partial charge in [-0.05, 0) is 56.6 Å². The molecule has 0 atom stereocenters. The largest absolute Gasteiger partial charge is 0.493 e. The lowest BCUT2D eigenvalue weighted by Crippen LogP contribution is -2.48. The number of amides is 2. The Kier molecular flexibility index (Phi) is 7.74. The Labute approximate surface area is 180 Å². The van der Waals surface area contributed by atoms with E-state index in [1.807, 2.05) is 48.6 Å². The molecule has 1 aliphatic heterocycles. The molecule has 0 radical (unpaired) electrons. The minimum absolute atomic E-state index is 0.0199. The van der Waals surface area contributed by atoms with E-state index in [1.165, 1.54) is 0 Å². The van der Waals surface area contributed by atoms with Crippen LogP contribution in [0.4, 0.5) is 4.79 Å². The summed E-state index contributed by atoms with van der Waals surface area (Å²) >= 11 is 0. The number of aromatic nitrogens is 2. The van der Waals surface area contributed by atoms with Crippen molar-refractivity contribution in [3.8, 4) is 5.75 Å². The monoisotopic (exact) mass is 413 g/mol. The molecule has 1 fully saturated rings. The van der Waals surface area contributed by atoms with Crippen molar-refractivity contribution < 1.29 is 9.53 Å². The maximum absolute atomic E-state index is 13.1. The minimum atomic E-state index is -0.0199. The van der Waals surface area contributed by atoms with Gasteiger partial charge in [-0.1, -0.05) is 26.0 Å². The molecule has 2 aromatic rings. The lowest BCUT2D eigenvalue weighted by Gasteiger charge is -2.32. The zero-order chi connectivity index (χ0) is 21.5. The van der Waals surface area contributed by atoms with Crippen molar-refractivity contribution in [3.63, 3.8) is 0 Å². The number of carbonyl (C=O) groups is 1. The van der Waals surface area contributed by atoms with Gasteiger partial charge in [0, 0.05) is 31.4 Å². The smallest absolute Gasteiger partial charge is 0.318 e. The highest BCUT2D eigenvalue weighted by atomic mass is 16.5. The molecule has 0 spiro atoms. The van der Waals surface area contributed by atoms with Gasteiger partial charge in [-0.2, -0.15) is 5.10 Å². The predicted octanol–water partition coefficient (Wildman–Crippen LogP) is 3.26. The number of hydrogen-bond acceptors (Lipinski definition) is 4. The molecule has 0 saturated carbocycles. The van der Waals surface area contributed by atoms with E-state index in [9.17, 15) is 4.79 Å². The molecule has 0 bridgehead atoms. The summed E-state index contributed by atoms with van der Waals surface area (Å²) < 4.78 is 7.54. The molecule has 1 aliphatic rings. The molecular weight excluding hydrogens is 378 g/mol. The number of aryl methyl sites for hydroxylation is 1. The third-order valence-electron chi connectivity index (χ3n) is 5.35. The first-order valence-electron chi connectivity index (χ1n) is 10.8. The maximum atomic E-state index is 13.1. The zero-order valence-corrected chi connectivity index (χ0v) is 18.7. The van der Waals surface area contributed by atoms with Crippen LogP contribution in [0.25, 0.3) is 0 Å². The van der Waals surface area contributed by atoms with Gasteiger partial charge in [0.05, 0.1) is 19.3 Å². The molecule has 1 aromatic carbocycles. The van der Waals surface area contributed by atoms with E-state index in [0.717, 1.165) is 42.8 Å². The summed E-state index contributed by atoms with van der Waals surface area (Å²) in [6, 6.07) is 8.25. The number of nitrogens with one attached hydrogen (secondary N) is 1. The highest BCUT2D eigenvalue weighted by Gasteiger charge is 2.22. The van der Waals surface area contributed by atoms with Gasteiger partial charge in [-0.25, -0.2) is 4.79 Å². The van der Waals surface area contributed by atoms with Crippen molar-refractivity contribution in [1.82, 2.24) is 24.9 Å². The fraction of sp³-hybridized carbons (Fsp3) is 0.565. The van der Waals surface area contributed by atoms with Crippen LogP contribution in [0.5, 0.6) is 5.75 Å². The molecule has 1 saturated heterocycles. The Balaban J connectivity index is 1.65. The van der Waals surface area contributed by atoms with Gasteiger partial charge >= 0.3 is 6.03 Å². The molecule has 2 amide bonds. The normalized spacial score (nSPS) is 15.4. The van der Waals surface area contributed by atoms with E-state index >= 15 is 0 Å². The zero-order valence-electron chi connectivity index (χ0n) is 18.7. The number of hydrogen-bond donors (Lipinski definition) is 1. The number of carbonyl (C=O) groups excluding carboxylic acids is 1. The Bertz CT molecular complexity index is 794. The van der Waals surface area contributed by atoms with E-state index in [2.05, 4.69) is 36.2 Å². The summed E-state index contributed by atoms with van der Waals surface area (Å²) in [5.74, 6) is 1.35. The number of urea groups is 1. The Morgan fingerprint density at radius 1 is 1.17 bits per heavy atom. The molecule has 1 N–H and O–H groups in total. The predicted molar refractivity (Wildman–Crippen MR) is 118 cm³/mol. The van der Waals surface area contributed by atoms with Gasteiger partial charge in [0.15, 0.2) is 0 Å². The second kappa shape index (κ2) is 10.5. The molecule has 3 rings (SSSR count). The molecule has 7 nitrogen and oxygen atoms in total. The fourth-order valence-electron chi connectivity index (χ4n) is 3.57. The maximum Gasteiger partial charge on any atom is 0.318 e. The highest BCUT2D eigenvalue weighted by Crippen LogP contribution is 2.17. The number of ether oxygens (including phenoxy) is 1. The second-order valence-corrected chi connectivity index (χ2v) is 8.75. The van der Waals surface area contributed by atoms with E-state index in [1.54, 1.807) is 4.68 Å². The number of nitrogens with zero attached hydrogens (tertiary/aromatic N) is 4. The van der Waals surface area contributed by atoms with Gasteiger partial charge in [0.1, 0.15) is 5.75 Å². The minimum Gasteiger partial charge on any atom is -0.493 e. The molecule has 0 unspecified atom stereocenters. The lowest BCUT2D eigenvalue weighted by molar-refractivity contribution is 0.176. The average molecular weight is 414 g/mol. The van der Waals surface area contributed by atoms with Gasteiger partial charge in [0.2, 0.25) is 0 Å². The van der Waals surface area contributed by atoms with E-state index < -0.39 is 0 Å². The molecule has 7 heteroatoms. The SMILES string of the molecule is CC(C)COc1ccc(CN(Cc2cnn(C)c2)C(=O)NC2CCN(C)CC2)cc1. The van der Waals surface area contributed by atoms with Gasteiger partial charge in [0.25, 0.3) is 0 Å². The molecule has 164 valence electrons. The number of piperidine rings is 1. The van der Waals surface area contributed by atoms with E-state index in [0.29, 0.717) is 25.6 Å². The first-order chi connectivity index (χ1) is 14.4. The van der Waals surface area contributed by atoms with Crippen molar-refractivity contribution in [2.24, 2.45) is 13.0 Å². The number of likely N-dealkylation sites (tertiary alicyclic amines) is 1. The van der Waals surface area contributed by atoms with Crippen LogP contribution >= 0.6 is 0 Å². The Hall–Kier alpha value is -2.54. The molecule has 2 heterocycles. The summed E-state index contributed by atoms with van der Waals surface area (Å²) in [7, 11) is 4.02. The number of benzene rings is 1. The summed E-state index contributed by atoms with van der Waals surface area (Å²) in [5, 5.41) is 7.48. The Morgan fingerprint density at radius 3 is 2.43 bits per heavy atom. The van der Waals surface area contributed by atoms with Crippen LogP contribution in [0, 0.1) is 5.92 Å². The lowest BCUT2D eigenvalue weighted by atomic mass is 10.1. The van der Waals surface area contributed by atoms with Crippen LogP contribution in [0.3, 0.4) is 0 Å². The van der Waals surface area contributed by atoms with Gasteiger partial charge in [-0.15, -0.1) is 0 Å². The van der Waals surface area contributed by atoms with Gasteiger partial charge in [-0.3, -0.25) is 4.68 Å². The van der Waals surface area contributed by atoms with Crippen molar-refractivity contribution >= 4 is 6.03 Å². The average Bonchev–Trinajstić information content (AvgIpc) is 3.13. The molecule has 30 heavy (non-hydrogen) atoms. The van der Waals surface area contributed by atoms with Gasteiger partial charge < -0.3 is 19.9 Å².